The van der Waals surface area contributed by atoms with Crippen molar-refractivity contribution in [2.24, 2.45) is 5.92 Å². The molecule has 0 saturated heterocycles. The van der Waals surface area contributed by atoms with Crippen molar-refractivity contribution in [3.63, 3.8) is 0 Å². The number of rotatable bonds is 7. The molecule has 0 fully saturated rings. The van der Waals surface area contributed by atoms with Crippen LogP contribution in [0.4, 0.5) is 0 Å². The Morgan fingerprint density at radius 3 is 2.38 bits per heavy atom. The second-order valence-corrected chi connectivity index (χ2v) is 5.16. The van der Waals surface area contributed by atoms with Crippen LogP contribution < -0.4 is 5.32 Å². The molecule has 0 bridgehead atoms. The van der Waals surface area contributed by atoms with Crippen LogP contribution in [-0.2, 0) is 10.1 Å². The smallest absolute Gasteiger partial charge is 0.264 e. The van der Waals surface area contributed by atoms with Gasteiger partial charge in [0, 0.05) is 0 Å². The van der Waals surface area contributed by atoms with Crippen LogP contribution in [0.1, 0.15) is 26.7 Å². The van der Waals surface area contributed by atoms with Crippen LogP contribution in [0.25, 0.3) is 0 Å². The molecule has 0 aromatic heterocycles. The molecular weight excluding hydrogens is 190 g/mol. The average Bonchev–Trinajstić information content (AvgIpc) is 1.93. The van der Waals surface area contributed by atoms with Crippen molar-refractivity contribution in [3.05, 3.63) is 0 Å². The van der Waals surface area contributed by atoms with Crippen LogP contribution in [0, 0.1) is 5.92 Å². The first-order valence-electron chi connectivity index (χ1n) is 4.57. The van der Waals surface area contributed by atoms with E-state index in [2.05, 4.69) is 19.2 Å². The van der Waals surface area contributed by atoms with Gasteiger partial charge in [-0.2, -0.15) is 8.42 Å². The van der Waals surface area contributed by atoms with Gasteiger partial charge in [-0.15, -0.1) is 0 Å². The molecule has 0 aliphatic carbocycles. The first-order chi connectivity index (χ1) is 5.92. The highest BCUT2D eigenvalue weighted by molar-refractivity contribution is 7.85. The van der Waals surface area contributed by atoms with Crippen molar-refractivity contribution in [2.45, 2.75) is 26.7 Å². The van der Waals surface area contributed by atoms with Crippen LogP contribution in [0.3, 0.4) is 0 Å². The Balaban J connectivity index is 3.18. The number of hydrogen-bond donors (Lipinski definition) is 2. The van der Waals surface area contributed by atoms with E-state index >= 15 is 0 Å². The lowest BCUT2D eigenvalue weighted by atomic mass is 10.2. The lowest BCUT2D eigenvalue weighted by Crippen LogP contribution is -2.21. The van der Waals surface area contributed by atoms with Crippen molar-refractivity contribution < 1.29 is 13.0 Å². The molecule has 2 N–H and O–H groups in total. The van der Waals surface area contributed by atoms with E-state index in [1.807, 2.05) is 0 Å². The van der Waals surface area contributed by atoms with E-state index in [9.17, 15) is 8.42 Å². The Kier molecular flexibility index (Phi) is 6.28. The van der Waals surface area contributed by atoms with E-state index in [0.29, 0.717) is 12.3 Å². The molecule has 0 spiro atoms. The third kappa shape index (κ3) is 11.9. The molecule has 0 aromatic rings. The van der Waals surface area contributed by atoms with Crippen LogP contribution in [0.2, 0.25) is 0 Å². The summed E-state index contributed by atoms with van der Waals surface area (Å²) in [5, 5.41) is 3.19. The minimum atomic E-state index is -3.76. The maximum Gasteiger partial charge on any atom is 0.264 e. The van der Waals surface area contributed by atoms with Gasteiger partial charge in [-0.05, 0) is 31.8 Å². The molecule has 0 rings (SSSR count). The van der Waals surface area contributed by atoms with Crippen molar-refractivity contribution in [2.75, 3.05) is 18.8 Å². The third-order valence-electron chi connectivity index (χ3n) is 1.56. The fraction of sp³-hybridized carbons (Fsp3) is 1.00. The Hall–Kier alpha value is -0.130. The standard InChI is InChI=1S/C8H19NO3S/c1-8(2)7-9-5-3-4-6-13(10,11)12/h8-9H,3-7H2,1-2H3,(H,10,11,12). The summed E-state index contributed by atoms with van der Waals surface area (Å²) in [7, 11) is -3.76. The highest BCUT2D eigenvalue weighted by Crippen LogP contribution is 1.93. The van der Waals surface area contributed by atoms with Gasteiger partial charge >= 0.3 is 0 Å². The molecule has 0 unspecified atom stereocenters. The van der Waals surface area contributed by atoms with E-state index < -0.39 is 10.1 Å². The molecule has 0 radical (unpaired) electrons. The zero-order valence-electron chi connectivity index (χ0n) is 8.28. The fourth-order valence-corrected chi connectivity index (χ4v) is 1.49. The summed E-state index contributed by atoms with van der Waals surface area (Å²) in [5.74, 6) is 0.484. The summed E-state index contributed by atoms with van der Waals surface area (Å²) in [6.07, 6.45) is 1.30. The van der Waals surface area contributed by atoms with Gasteiger partial charge in [0.15, 0.2) is 0 Å². The molecular formula is C8H19NO3S. The van der Waals surface area contributed by atoms with E-state index in [-0.39, 0.29) is 5.75 Å². The zero-order chi connectivity index (χ0) is 10.3. The van der Waals surface area contributed by atoms with Crippen molar-refractivity contribution in [3.8, 4) is 0 Å². The van der Waals surface area contributed by atoms with E-state index in [0.717, 1.165) is 19.5 Å². The molecule has 0 aromatic carbocycles. The summed E-state index contributed by atoms with van der Waals surface area (Å²) in [6.45, 7) is 6.00. The predicted octanol–water partition coefficient (Wildman–Crippen LogP) is 0.900. The summed E-state index contributed by atoms with van der Waals surface area (Å²) in [6, 6.07) is 0. The lowest BCUT2D eigenvalue weighted by Gasteiger charge is -2.06. The molecule has 4 nitrogen and oxygen atoms in total. The molecule has 5 heteroatoms. The van der Waals surface area contributed by atoms with Crippen molar-refractivity contribution in [1.29, 1.82) is 0 Å². The van der Waals surface area contributed by atoms with Gasteiger partial charge in [-0.3, -0.25) is 4.55 Å². The van der Waals surface area contributed by atoms with Gasteiger partial charge < -0.3 is 5.32 Å². The number of unbranched alkanes of at least 4 members (excludes halogenated alkanes) is 1. The van der Waals surface area contributed by atoms with Crippen molar-refractivity contribution >= 4 is 10.1 Å². The zero-order valence-corrected chi connectivity index (χ0v) is 9.10. The topological polar surface area (TPSA) is 66.4 Å². The largest absolute Gasteiger partial charge is 0.316 e. The van der Waals surface area contributed by atoms with Gasteiger partial charge in [0.1, 0.15) is 0 Å². The first-order valence-corrected chi connectivity index (χ1v) is 6.18. The third-order valence-corrected chi connectivity index (χ3v) is 2.36. The van der Waals surface area contributed by atoms with Crippen molar-refractivity contribution in [1.82, 2.24) is 5.32 Å². The molecule has 13 heavy (non-hydrogen) atoms. The molecule has 80 valence electrons. The van der Waals surface area contributed by atoms with Crippen LogP contribution >= 0.6 is 0 Å². The molecule has 0 aliphatic rings. The lowest BCUT2D eigenvalue weighted by molar-refractivity contribution is 0.478. The Morgan fingerprint density at radius 2 is 1.92 bits per heavy atom. The molecule has 0 saturated carbocycles. The minimum absolute atomic E-state index is 0.129. The Morgan fingerprint density at radius 1 is 1.31 bits per heavy atom. The molecule has 0 heterocycles. The molecule has 0 amide bonds. The normalized spacial score (nSPS) is 12.3. The summed E-state index contributed by atoms with van der Waals surface area (Å²) in [5.41, 5.74) is 0. The minimum Gasteiger partial charge on any atom is -0.316 e. The van der Waals surface area contributed by atoms with Gasteiger partial charge in [0.05, 0.1) is 5.75 Å². The van der Waals surface area contributed by atoms with Gasteiger partial charge in [-0.25, -0.2) is 0 Å². The van der Waals surface area contributed by atoms with E-state index in [1.165, 1.54) is 0 Å². The molecule has 0 atom stereocenters. The Labute approximate surface area is 80.5 Å². The van der Waals surface area contributed by atoms with Crippen LogP contribution in [0.5, 0.6) is 0 Å². The Bertz CT molecular complexity index is 211. The number of hydrogen-bond acceptors (Lipinski definition) is 3. The monoisotopic (exact) mass is 209 g/mol. The van der Waals surface area contributed by atoms with Crippen LogP contribution in [0.15, 0.2) is 0 Å². The summed E-state index contributed by atoms with van der Waals surface area (Å²) >= 11 is 0. The maximum atomic E-state index is 10.3. The fourth-order valence-electron chi connectivity index (χ4n) is 0.925. The van der Waals surface area contributed by atoms with Gasteiger partial charge in [0.2, 0.25) is 0 Å². The predicted molar refractivity (Wildman–Crippen MR) is 53.4 cm³/mol. The summed E-state index contributed by atoms with van der Waals surface area (Å²) in [4.78, 5) is 0. The van der Waals surface area contributed by atoms with E-state index in [4.69, 9.17) is 4.55 Å². The highest BCUT2D eigenvalue weighted by Gasteiger charge is 2.02. The SMILES string of the molecule is CC(C)CNCCCCS(=O)(=O)O. The average molecular weight is 209 g/mol. The quantitative estimate of drug-likeness (QED) is 0.483. The first kappa shape index (κ1) is 12.9. The second-order valence-electron chi connectivity index (χ2n) is 3.59. The van der Waals surface area contributed by atoms with E-state index in [1.54, 1.807) is 0 Å². The summed E-state index contributed by atoms with van der Waals surface area (Å²) < 4.78 is 29.0. The van der Waals surface area contributed by atoms with Gasteiger partial charge in [0.25, 0.3) is 10.1 Å². The number of nitrogens with one attached hydrogen (secondary N) is 1. The molecule has 0 aliphatic heterocycles. The maximum absolute atomic E-state index is 10.3. The second kappa shape index (κ2) is 6.34. The van der Waals surface area contributed by atoms with Gasteiger partial charge in [-0.1, -0.05) is 13.8 Å². The van der Waals surface area contributed by atoms with Crippen LogP contribution in [-0.4, -0.2) is 31.8 Å². The highest BCUT2D eigenvalue weighted by atomic mass is 32.2.